The molecular formula is C12H11Cl2NS. The molecular weight excluding hydrogens is 261 g/mol. The van der Waals surface area contributed by atoms with Gasteiger partial charge in [-0.3, -0.25) is 0 Å². The van der Waals surface area contributed by atoms with E-state index in [1.807, 2.05) is 36.4 Å². The highest BCUT2D eigenvalue weighted by atomic mass is 35.5. The molecule has 0 saturated carbocycles. The third-order valence-corrected chi connectivity index (χ3v) is 3.90. The van der Waals surface area contributed by atoms with Crippen LogP contribution in [0.1, 0.15) is 16.5 Å². The smallest absolute Gasteiger partial charge is 0.0931 e. The summed E-state index contributed by atoms with van der Waals surface area (Å²) in [5, 5.41) is 0.744. The lowest BCUT2D eigenvalue weighted by molar-refractivity contribution is 0.736. The second-order valence-corrected chi connectivity index (χ2v) is 5.77. The summed E-state index contributed by atoms with van der Waals surface area (Å²) < 4.78 is 0.775. The number of rotatable bonds is 3. The molecule has 2 aromatic rings. The van der Waals surface area contributed by atoms with Gasteiger partial charge in [-0.15, -0.1) is 11.3 Å². The Balaban J connectivity index is 2.10. The third kappa shape index (κ3) is 2.98. The van der Waals surface area contributed by atoms with Gasteiger partial charge < -0.3 is 5.73 Å². The summed E-state index contributed by atoms with van der Waals surface area (Å²) in [5.41, 5.74) is 7.24. The van der Waals surface area contributed by atoms with Crippen molar-refractivity contribution in [1.82, 2.24) is 0 Å². The lowest BCUT2D eigenvalue weighted by Gasteiger charge is -2.09. The predicted octanol–water partition coefficient (Wildman–Crippen LogP) is 4.30. The van der Waals surface area contributed by atoms with Gasteiger partial charge in [0.2, 0.25) is 0 Å². The highest BCUT2D eigenvalue weighted by Crippen LogP contribution is 2.27. The standard InChI is InChI=1S/C12H11Cl2NS/c13-9-3-1-2-8(6-9)7-10(15)11-4-5-12(14)16-11/h1-6,10H,7,15H2. The minimum absolute atomic E-state index is 0.0176. The van der Waals surface area contributed by atoms with Gasteiger partial charge in [-0.25, -0.2) is 0 Å². The van der Waals surface area contributed by atoms with Crippen LogP contribution in [0.2, 0.25) is 9.36 Å². The van der Waals surface area contributed by atoms with E-state index in [1.54, 1.807) is 0 Å². The zero-order valence-corrected chi connectivity index (χ0v) is 10.8. The van der Waals surface area contributed by atoms with Gasteiger partial charge in [0, 0.05) is 15.9 Å². The van der Waals surface area contributed by atoms with Gasteiger partial charge in [0.25, 0.3) is 0 Å². The minimum atomic E-state index is -0.0176. The largest absolute Gasteiger partial charge is 0.323 e. The first-order chi connectivity index (χ1) is 7.65. The lowest BCUT2D eigenvalue weighted by atomic mass is 10.1. The van der Waals surface area contributed by atoms with Crippen LogP contribution in [0.25, 0.3) is 0 Å². The molecule has 0 bridgehead atoms. The summed E-state index contributed by atoms with van der Waals surface area (Å²) in [6.45, 7) is 0. The molecule has 0 aliphatic rings. The van der Waals surface area contributed by atoms with E-state index in [1.165, 1.54) is 11.3 Å². The van der Waals surface area contributed by atoms with Gasteiger partial charge in [-0.1, -0.05) is 35.3 Å². The van der Waals surface area contributed by atoms with Crippen LogP contribution >= 0.6 is 34.5 Å². The minimum Gasteiger partial charge on any atom is -0.323 e. The maximum Gasteiger partial charge on any atom is 0.0931 e. The zero-order valence-electron chi connectivity index (χ0n) is 8.49. The molecule has 1 nitrogen and oxygen atoms in total. The Labute approximate surface area is 109 Å². The van der Waals surface area contributed by atoms with Crippen molar-refractivity contribution in [3.63, 3.8) is 0 Å². The van der Waals surface area contributed by atoms with E-state index in [2.05, 4.69) is 0 Å². The number of benzene rings is 1. The maximum absolute atomic E-state index is 6.10. The molecule has 1 atom stereocenters. The van der Waals surface area contributed by atoms with E-state index in [9.17, 15) is 0 Å². The van der Waals surface area contributed by atoms with Crippen molar-refractivity contribution in [3.05, 3.63) is 56.2 Å². The van der Waals surface area contributed by atoms with Gasteiger partial charge in [-0.2, -0.15) is 0 Å². The summed E-state index contributed by atoms with van der Waals surface area (Å²) in [5.74, 6) is 0. The van der Waals surface area contributed by atoms with Gasteiger partial charge in [0.15, 0.2) is 0 Å². The zero-order chi connectivity index (χ0) is 11.5. The fourth-order valence-electron chi connectivity index (χ4n) is 1.55. The Hall–Kier alpha value is -0.540. The number of nitrogens with two attached hydrogens (primary N) is 1. The molecule has 1 aromatic carbocycles. The summed E-state index contributed by atoms with van der Waals surface area (Å²) in [6.07, 6.45) is 0.775. The third-order valence-electron chi connectivity index (χ3n) is 2.30. The van der Waals surface area contributed by atoms with Crippen LogP contribution < -0.4 is 5.73 Å². The molecule has 0 aliphatic heterocycles. The normalized spacial score (nSPS) is 12.7. The molecule has 0 spiro atoms. The van der Waals surface area contributed by atoms with Crippen molar-refractivity contribution in [1.29, 1.82) is 0 Å². The molecule has 0 fully saturated rings. The predicted molar refractivity (Wildman–Crippen MR) is 71.4 cm³/mol. The SMILES string of the molecule is NC(Cc1cccc(Cl)c1)c1ccc(Cl)s1. The van der Waals surface area contributed by atoms with E-state index < -0.39 is 0 Å². The van der Waals surface area contributed by atoms with E-state index >= 15 is 0 Å². The molecule has 0 saturated heterocycles. The molecule has 16 heavy (non-hydrogen) atoms. The summed E-state index contributed by atoms with van der Waals surface area (Å²) in [6, 6.07) is 11.6. The molecule has 1 heterocycles. The Morgan fingerprint density at radius 2 is 2.00 bits per heavy atom. The van der Waals surface area contributed by atoms with Gasteiger partial charge in [0.1, 0.15) is 0 Å². The number of hydrogen-bond acceptors (Lipinski definition) is 2. The average molecular weight is 272 g/mol. The van der Waals surface area contributed by atoms with Gasteiger partial charge in [0.05, 0.1) is 4.34 Å². The number of hydrogen-bond donors (Lipinski definition) is 1. The van der Waals surface area contributed by atoms with E-state index in [4.69, 9.17) is 28.9 Å². The monoisotopic (exact) mass is 271 g/mol. The molecule has 1 unspecified atom stereocenters. The quantitative estimate of drug-likeness (QED) is 0.885. The van der Waals surface area contributed by atoms with Crippen LogP contribution in [-0.2, 0) is 6.42 Å². The highest BCUT2D eigenvalue weighted by molar-refractivity contribution is 7.16. The van der Waals surface area contributed by atoms with Crippen LogP contribution in [0.4, 0.5) is 0 Å². The second kappa shape index (κ2) is 5.19. The van der Waals surface area contributed by atoms with E-state index in [0.717, 1.165) is 26.2 Å². The Morgan fingerprint density at radius 1 is 1.19 bits per heavy atom. The molecule has 2 rings (SSSR count). The van der Waals surface area contributed by atoms with Crippen LogP contribution in [0.15, 0.2) is 36.4 Å². The molecule has 4 heteroatoms. The molecule has 0 aliphatic carbocycles. The molecule has 0 radical (unpaired) electrons. The van der Waals surface area contributed by atoms with Crippen molar-refractivity contribution in [2.75, 3.05) is 0 Å². The van der Waals surface area contributed by atoms with Gasteiger partial charge >= 0.3 is 0 Å². The maximum atomic E-state index is 6.10. The summed E-state index contributed by atoms with van der Waals surface area (Å²) in [4.78, 5) is 1.10. The topological polar surface area (TPSA) is 26.0 Å². The van der Waals surface area contributed by atoms with Crippen LogP contribution in [0, 0.1) is 0 Å². The first kappa shape index (κ1) is 11.9. The van der Waals surface area contributed by atoms with Crippen molar-refractivity contribution in [2.45, 2.75) is 12.5 Å². The van der Waals surface area contributed by atoms with Crippen molar-refractivity contribution in [3.8, 4) is 0 Å². The molecule has 0 amide bonds. The van der Waals surface area contributed by atoms with Gasteiger partial charge in [-0.05, 0) is 36.2 Å². The number of thiophene rings is 1. The van der Waals surface area contributed by atoms with Crippen LogP contribution in [0.3, 0.4) is 0 Å². The Kier molecular flexibility index (Phi) is 3.87. The van der Waals surface area contributed by atoms with Crippen molar-refractivity contribution in [2.24, 2.45) is 5.73 Å². The lowest BCUT2D eigenvalue weighted by Crippen LogP contribution is -2.11. The average Bonchev–Trinajstić information content (AvgIpc) is 2.65. The van der Waals surface area contributed by atoms with E-state index in [-0.39, 0.29) is 6.04 Å². The first-order valence-corrected chi connectivity index (χ1v) is 6.47. The summed E-state index contributed by atoms with van der Waals surface area (Å²) >= 11 is 13.3. The highest BCUT2D eigenvalue weighted by Gasteiger charge is 2.09. The molecule has 2 N–H and O–H groups in total. The second-order valence-electron chi connectivity index (χ2n) is 3.58. The number of halogens is 2. The Morgan fingerprint density at radius 3 is 2.62 bits per heavy atom. The first-order valence-electron chi connectivity index (χ1n) is 4.90. The fourth-order valence-corrected chi connectivity index (χ4v) is 2.82. The van der Waals surface area contributed by atoms with Crippen molar-refractivity contribution >= 4 is 34.5 Å². The molecule has 1 aromatic heterocycles. The fraction of sp³-hybridized carbons (Fsp3) is 0.167. The Bertz CT molecular complexity index is 481. The van der Waals surface area contributed by atoms with Crippen molar-refractivity contribution < 1.29 is 0 Å². The molecule has 84 valence electrons. The van der Waals surface area contributed by atoms with Crippen LogP contribution in [-0.4, -0.2) is 0 Å². The van der Waals surface area contributed by atoms with E-state index in [0.29, 0.717) is 0 Å². The van der Waals surface area contributed by atoms with Crippen LogP contribution in [0.5, 0.6) is 0 Å². The summed E-state index contributed by atoms with van der Waals surface area (Å²) in [7, 11) is 0.